The molecule has 0 aliphatic carbocycles. The lowest BCUT2D eigenvalue weighted by Gasteiger charge is -2.14. The lowest BCUT2D eigenvalue weighted by atomic mass is 10.1. The van der Waals surface area contributed by atoms with E-state index in [0.717, 1.165) is 5.39 Å². The highest BCUT2D eigenvalue weighted by Gasteiger charge is 2.27. The quantitative estimate of drug-likeness (QED) is 0.312. The van der Waals surface area contributed by atoms with Crippen LogP contribution in [-0.4, -0.2) is 39.1 Å². The summed E-state index contributed by atoms with van der Waals surface area (Å²) in [6.07, 6.45) is 1.50. The van der Waals surface area contributed by atoms with E-state index in [0.29, 0.717) is 40.0 Å². The van der Waals surface area contributed by atoms with E-state index in [4.69, 9.17) is 16.3 Å². The first-order chi connectivity index (χ1) is 17.8. The van der Waals surface area contributed by atoms with Crippen LogP contribution in [0.2, 0.25) is 5.15 Å². The SMILES string of the molecule is CCNC(=O)c1c(-c2ccc[nH]c2=O)c2nc(C)c(F)cc2n1Cc1cc2ccc(OC)cc2nc1Cl. The molecule has 0 aliphatic rings. The first-order valence-electron chi connectivity index (χ1n) is 11.6. The molecule has 4 aromatic heterocycles. The van der Waals surface area contributed by atoms with Crippen molar-refractivity contribution in [2.45, 2.75) is 20.4 Å². The minimum atomic E-state index is -0.531. The van der Waals surface area contributed by atoms with Crippen molar-refractivity contribution in [1.82, 2.24) is 24.8 Å². The maximum absolute atomic E-state index is 14.8. The molecule has 5 rings (SSSR count). The number of carbonyl (C=O) groups is 1. The Morgan fingerprint density at radius 3 is 2.76 bits per heavy atom. The molecule has 0 bridgehead atoms. The Kier molecular flexibility index (Phi) is 6.39. The summed E-state index contributed by atoms with van der Waals surface area (Å²) in [5.41, 5.74) is 2.46. The van der Waals surface area contributed by atoms with Gasteiger partial charge in [-0.05, 0) is 44.2 Å². The van der Waals surface area contributed by atoms with Gasteiger partial charge in [0.2, 0.25) is 0 Å². The first kappa shape index (κ1) is 24.5. The molecule has 1 amide bonds. The summed E-state index contributed by atoms with van der Waals surface area (Å²) in [7, 11) is 1.57. The van der Waals surface area contributed by atoms with Gasteiger partial charge in [-0.25, -0.2) is 14.4 Å². The summed E-state index contributed by atoms with van der Waals surface area (Å²) in [4.78, 5) is 37.9. The Morgan fingerprint density at radius 1 is 1.22 bits per heavy atom. The molecule has 8 nitrogen and oxygen atoms in total. The number of ether oxygens (including phenoxy) is 1. The number of aromatic amines is 1. The van der Waals surface area contributed by atoms with Crippen molar-refractivity contribution in [3.05, 3.63) is 86.9 Å². The highest BCUT2D eigenvalue weighted by Crippen LogP contribution is 2.35. The van der Waals surface area contributed by atoms with E-state index in [-0.39, 0.29) is 28.6 Å². The average molecular weight is 520 g/mol. The Labute approximate surface area is 216 Å². The minimum Gasteiger partial charge on any atom is -0.497 e. The number of halogens is 2. The summed E-state index contributed by atoms with van der Waals surface area (Å²) in [6.45, 7) is 3.77. The predicted octanol–water partition coefficient (Wildman–Crippen LogP) is 4.85. The highest BCUT2D eigenvalue weighted by atomic mass is 35.5. The van der Waals surface area contributed by atoms with Crippen LogP contribution in [-0.2, 0) is 6.54 Å². The van der Waals surface area contributed by atoms with Gasteiger partial charge in [-0.2, -0.15) is 0 Å². The van der Waals surface area contributed by atoms with Crippen molar-refractivity contribution in [3.8, 4) is 16.9 Å². The van der Waals surface area contributed by atoms with Gasteiger partial charge < -0.3 is 19.6 Å². The standard InChI is InChI=1S/C27H23ClFN5O3/c1-4-30-27(36)24-22(18-6-5-9-31-26(18)35)23-21(12-19(29)14(2)32-23)34(24)13-16-10-15-7-8-17(37-3)11-20(15)33-25(16)28/h5-12H,4,13H2,1-3H3,(H,30,36)(H,31,35). The number of amides is 1. The Hall–Kier alpha value is -4.24. The lowest BCUT2D eigenvalue weighted by molar-refractivity contribution is 0.0948. The van der Waals surface area contributed by atoms with Gasteiger partial charge in [-0.1, -0.05) is 11.6 Å². The number of rotatable bonds is 6. The van der Waals surface area contributed by atoms with Crippen LogP contribution in [0, 0.1) is 12.7 Å². The van der Waals surface area contributed by atoms with Crippen LogP contribution in [0.1, 0.15) is 28.7 Å². The molecule has 5 aromatic rings. The molecule has 0 aliphatic heterocycles. The van der Waals surface area contributed by atoms with E-state index in [1.807, 2.05) is 18.2 Å². The molecule has 37 heavy (non-hydrogen) atoms. The number of nitrogens with one attached hydrogen (secondary N) is 2. The summed E-state index contributed by atoms with van der Waals surface area (Å²) < 4.78 is 21.7. The second-order valence-electron chi connectivity index (χ2n) is 8.50. The average Bonchev–Trinajstić information content (AvgIpc) is 3.17. The third-order valence-corrected chi connectivity index (χ3v) is 6.51. The predicted molar refractivity (Wildman–Crippen MR) is 141 cm³/mol. The van der Waals surface area contributed by atoms with Gasteiger partial charge in [-0.3, -0.25) is 9.59 Å². The summed E-state index contributed by atoms with van der Waals surface area (Å²) >= 11 is 6.59. The largest absolute Gasteiger partial charge is 0.497 e. The number of methoxy groups -OCH3 is 1. The molecule has 0 spiro atoms. The van der Waals surface area contributed by atoms with Crippen molar-refractivity contribution in [1.29, 1.82) is 0 Å². The topological polar surface area (TPSA) is 102 Å². The van der Waals surface area contributed by atoms with Gasteiger partial charge in [0, 0.05) is 41.4 Å². The third-order valence-electron chi connectivity index (χ3n) is 6.18. The van der Waals surface area contributed by atoms with Crippen molar-refractivity contribution >= 4 is 39.4 Å². The molecule has 0 unspecified atom stereocenters. The second kappa shape index (κ2) is 9.67. The molecule has 0 saturated heterocycles. The molecular formula is C27H23ClFN5O3. The number of H-pyrrole nitrogens is 1. The van der Waals surface area contributed by atoms with Crippen LogP contribution >= 0.6 is 11.6 Å². The Bertz CT molecular complexity index is 1740. The lowest BCUT2D eigenvalue weighted by Crippen LogP contribution is -2.27. The molecule has 0 saturated carbocycles. The number of aryl methyl sites for hydroxylation is 1. The fourth-order valence-corrected chi connectivity index (χ4v) is 4.63. The molecular weight excluding hydrogens is 497 g/mol. The zero-order valence-electron chi connectivity index (χ0n) is 20.4. The van der Waals surface area contributed by atoms with Crippen molar-refractivity contribution in [2.24, 2.45) is 0 Å². The maximum Gasteiger partial charge on any atom is 0.268 e. The minimum absolute atomic E-state index is 0.0890. The van der Waals surface area contributed by atoms with E-state index in [1.165, 1.54) is 19.2 Å². The van der Waals surface area contributed by atoms with E-state index < -0.39 is 17.3 Å². The summed E-state index contributed by atoms with van der Waals surface area (Å²) in [5.74, 6) is -0.308. The molecule has 0 atom stereocenters. The molecule has 10 heteroatoms. The number of benzene rings is 1. The monoisotopic (exact) mass is 519 g/mol. The molecule has 188 valence electrons. The van der Waals surface area contributed by atoms with Crippen molar-refractivity contribution in [2.75, 3.05) is 13.7 Å². The normalized spacial score (nSPS) is 11.3. The summed E-state index contributed by atoms with van der Waals surface area (Å²) in [5, 5.41) is 3.85. The van der Waals surface area contributed by atoms with Gasteiger partial charge in [-0.15, -0.1) is 0 Å². The second-order valence-corrected chi connectivity index (χ2v) is 8.86. The fourth-order valence-electron chi connectivity index (χ4n) is 4.42. The third kappa shape index (κ3) is 4.31. The molecule has 2 N–H and O–H groups in total. The van der Waals surface area contributed by atoms with Crippen LogP contribution in [0.3, 0.4) is 0 Å². The Balaban J connectivity index is 1.81. The number of fused-ring (bicyclic) bond motifs is 2. The van der Waals surface area contributed by atoms with Crippen molar-refractivity contribution < 1.29 is 13.9 Å². The van der Waals surface area contributed by atoms with Crippen molar-refractivity contribution in [3.63, 3.8) is 0 Å². The van der Waals surface area contributed by atoms with Crippen LogP contribution in [0.5, 0.6) is 5.75 Å². The van der Waals surface area contributed by atoms with Gasteiger partial charge in [0.05, 0.1) is 41.5 Å². The zero-order valence-corrected chi connectivity index (χ0v) is 21.1. The molecule has 0 radical (unpaired) electrons. The number of hydrogen-bond acceptors (Lipinski definition) is 5. The van der Waals surface area contributed by atoms with Gasteiger partial charge in [0.25, 0.3) is 11.5 Å². The fraction of sp³-hybridized carbons (Fsp3) is 0.185. The zero-order chi connectivity index (χ0) is 26.3. The van der Waals surface area contributed by atoms with Crippen LogP contribution in [0.25, 0.3) is 33.1 Å². The smallest absolute Gasteiger partial charge is 0.268 e. The first-order valence-corrected chi connectivity index (χ1v) is 12.0. The molecule has 0 fully saturated rings. The number of pyridine rings is 3. The van der Waals surface area contributed by atoms with Crippen LogP contribution in [0.4, 0.5) is 4.39 Å². The number of hydrogen-bond donors (Lipinski definition) is 2. The molecule has 1 aromatic carbocycles. The van der Waals surface area contributed by atoms with Gasteiger partial charge in [0.1, 0.15) is 22.4 Å². The number of carbonyl (C=O) groups excluding carboxylic acids is 1. The van der Waals surface area contributed by atoms with E-state index in [2.05, 4.69) is 20.3 Å². The van der Waals surface area contributed by atoms with Gasteiger partial charge >= 0.3 is 0 Å². The highest BCUT2D eigenvalue weighted by molar-refractivity contribution is 6.30. The maximum atomic E-state index is 14.8. The molecule has 4 heterocycles. The van der Waals surface area contributed by atoms with E-state index in [1.54, 1.807) is 36.8 Å². The van der Waals surface area contributed by atoms with Crippen LogP contribution in [0.15, 0.2) is 53.5 Å². The summed E-state index contributed by atoms with van der Waals surface area (Å²) in [6, 6.07) is 11.9. The van der Waals surface area contributed by atoms with E-state index in [9.17, 15) is 14.0 Å². The number of nitrogens with zero attached hydrogens (tertiary/aromatic N) is 3. The Morgan fingerprint density at radius 2 is 2.03 bits per heavy atom. The number of aromatic nitrogens is 4. The van der Waals surface area contributed by atoms with Gasteiger partial charge in [0.15, 0.2) is 0 Å². The van der Waals surface area contributed by atoms with Crippen LogP contribution < -0.4 is 15.6 Å². The van der Waals surface area contributed by atoms with E-state index >= 15 is 0 Å².